The minimum absolute atomic E-state index is 0.394. The van der Waals surface area contributed by atoms with Crippen LogP contribution in [0.1, 0.15) is 12.7 Å². The highest BCUT2D eigenvalue weighted by atomic mass is 16.5. The lowest BCUT2D eigenvalue weighted by Gasteiger charge is -2.13. The lowest BCUT2D eigenvalue weighted by atomic mass is 10.2. The number of hydrogen-bond acceptors (Lipinski definition) is 4. The SMILES string of the molecule is COCCNCC(C)NCc1cc2ccccc2o1. The van der Waals surface area contributed by atoms with E-state index in [1.165, 1.54) is 0 Å². The third-order valence-corrected chi connectivity index (χ3v) is 3.03. The quantitative estimate of drug-likeness (QED) is 0.716. The van der Waals surface area contributed by atoms with E-state index in [1.807, 2.05) is 18.2 Å². The number of fused-ring (bicyclic) bond motifs is 1. The summed E-state index contributed by atoms with van der Waals surface area (Å²) < 4.78 is 10.7. The van der Waals surface area contributed by atoms with Crippen molar-refractivity contribution in [2.75, 3.05) is 26.8 Å². The van der Waals surface area contributed by atoms with E-state index in [0.717, 1.165) is 43.0 Å². The molecule has 1 aromatic heterocycles. The lowest BCUT2D eigenvalue weighted by Crippen LogP contribution is -2.37. The number of hydrogen-bond donors (Lipinski definition) is 2. The van der Waals surface area contributed by atoms with Crippen LogP contribution >= 0.6 is 0 Å². The monoisotopic (exact) mass is 262 g/mol. The third-order valence-electron chi connectivity index (χ3n) is 3.03. The lowest BCUT2D eigenvalue weighted by molar-refractivity contribution is 0.198. The average Bonchev–Trinajstić information content (AvgIpc) is 2.84. The number of para-hydroxylation sites is 1. The van der Waals surface area contributed by atoms with Crippen LogP contribution < -0.4 is 10.6 Å². The molecule has 19 heavy (non-hydrogen) atoms. The topological polar surface area (TPSA) is 46.4 Å². The van der Waals surface area contributed by atoms with Crippen LogP contribution in [0.5, 0.6) is 0 Å². The van der Waals surface area contributed by atoms with Crippen LogP contribution in [0.2, 0.25) is 0 Å². The Balaban J connectivity index is 1.75. The van der Waals surface area contributed by atoms with Crippen molar-refractivity contribution in [1.29, 1.82) is 0 Å². The van der Waals surface area contributed by atoms with Crippen molar-refractivity contribution < 1.29 is 9.15 Å². The minimum Gasteiger partial charge on any atom is -0.460 e. The maximum absolute atomic E-state index is 5.76. The van der Waals surface area contributed by atoms with Crippen molar-refractivity contribution in [3.8, 4) is 0 Å². The molecule has 4 heteroatoms. The molecule has 0 aliphatic rings. The van der Waals surface area contributed by atoms with Gasteiger partial charge in [-0.3, -0.25) is 0 Å². The number of furan rings is 1. The molecule has 1 unspecified atom stereocenters. The number of ether oxygens (including phenoxy) is 1. The minimum atomic E-state index is 0.394. The fourth-order valence-electron chi connectivity index (χ4n) is 1.96. The first-order chi connectivity index (χ1) is 9.29. The predicted molar refractivity (Wildman–Crippen MR) is 77.3 cm³/mol. The summed E-state index contributed by atoms with van der Waals surface area (Å²) in [6, 6.07) is 10.6. The van der Waals surface area contributed by atoms with Gasteiger partial charge in [0.2, 0.25) is 0 Å². The van der Waals surface area contributed by atoms with E-state index < -0.39 is 0 Å². The third kappa shape index (κ3) is 4.35. The number of benzene rings is 1. The molecule has 0 amide bonds. The summed E-state index contributed by atoms with van der Waals surface area (Å²) in [5.41, 5.74) is 0.949. The first-order valence-corrected chi connectivity index (χ1v) is 6.70. The normalized spacial score (nSPS) is 12.9. The van der Waals surface area contributed by atoms with Crippen LogP contribution in [0.25, 0.3) is 11.0 Å². The molecule has 2 N–H and O–H groups in total. The summed E-state index contributed by atoms with van der Waals surface area (Å²) in [5, 5.41) is 7.93. The smallest absolute Gasteiger partial charge is 0.134 e. The van der Waals surface area contributed by atoms with Crippen LogP contribution in [0, 0.1) is 0 Å². The second-order valence-electron chi connectivity index (χ2n) is 4.73. The van der Waals surface area contributed by atoms with E-state index in [9.17, 15) is 0 Å². The average molecular weight is 262 g/mol. The van der Waals surface area contributed by atoms with Gasteiger partial charge in [-0.25, -0.2) is 0 Å². The number of nitrogens with one attached hydrogen (secondary N) is 2. The molecular weight excluding hydrogens is 240 g/mol. The van der Waals surface area contributed by atoms with Gasteiger partial charge in [-0.05, 0) is 19.1 Å². The first kappa shape index (κ1) is 14.1. The Morgan fingerprint density at radius 1 is 1.32 bits per heavy atom. The molecule has 0 radical (unpaired) electrons. The van der Waals surface area contributed by atoms with E-state index in [1.54, 1.807) is 7.11 Å². The fourth-order valence-corrected chi connectivity index (χ4v) is 1.96. The molecule has 0 bridgehead atoms. The maximum Gasteiger partial charge on any atom is 0.134 e. The van der Waals surface area contributed by atoms with E-state index >= 15 is 0 Å². The van der Waals surface area contributed by atoms with Gasteiger partial charge in [0.05, 0.1) is 13.2 Å². The zero-order chi connectivity index (χ0) is 13.5. The molecule has 1 atom stereocenters. The predicted octanol–water partition coefficient (Wildman–Crippen LogP) is 2.15. The van der Waals surface area contributed by atoms with Gasteiger partial charge in [-0.2, -0.15) is 0 Å². The van der Waals surface area contributed by atoms with Crippen molar-refractivity contribution in [1.82, 2.24) is 10.6 Å². The van der Waals surface area contributed by atoms with Crippen LogP contribution in [-0.4, -0.2) is 32.8 Å². The Bertz CT molecular complexity index is 463. The molecule has 0 spiro atoms. The molecule has 0 saturated carbocycles. The van der Waals surface area contributed by atoms with Crippen molar-refractivity contribution in [2.24, 2.45) is 0 Å². The number of methoxy groups -OCH3 is 1. The standard InChI is InChI=1S/C15H22N2O2/c1-12(10-16-7-8-18-2)17-11-14-9-13-5-3-4-6-15(13)19-14/h3-6,9,12,16-17H,7-8,10-11H2,1-2H3. The van der Waals surface area contributed by atoms with E-state index in [2.05, 4.69) is 29.7 Å². The first-order valence-electron chi connectivity index (χ1n) is 6.70. The Labute approximate surface area is 114 Å². The van der Waals surface area contributed by atoms with Crippen molar-refractivity contribution >= 4 is 11.0 Å². The Hall–Kier alpha value is -1.36. The van der Waals surface area contributed by atoms with Crippen molar-refractivity contribution in [3.63, 3.8) is 0 Å². The van der Waals surface area contributed by atoms with Gasteiger partial charge in [0, 0.05) is 31.6 Å². The summed E-state index contributed by atoms with van der Waals surface area (Å²) >= 11 is 0. The van der Waals surface area contributed by atoms with Gasteiger partial charge in [0.1, 0.15) is 11.3 Å². The molecule has 2 aromatic rings. The molecule has 1 aromatic carbocycles. The highest BCUT2D eigenvalue weighted by Gasteiger charge is 2.05. The Kier molecular flexibility index (Phi) is 5.39. The van der Waals surface area contributed by atoms with Crippen LogP contribution in [0.3, 0.4) is 0 Å². The molecule has 0 aliphatic carbocycles. The molecule has 0 fully saturated rings. The Morgan fingerprint density at radius 2 is 2.16 bits per heavy atom. The molecular formula is C15H22N2O2. The van der Waals surface area contributed by atoms with Gasteiger partial charge in [-0.15, -0.1) is 0 Å². The molecule has 0 aliphatic heterocycles. The second-order valence-corrected chi connectivity index (χ2v) is 4.73. The Morgan fingerprint density at radius 3 is 2.95 bits per heavy atom. The van der Waals surface area contributed by atoms with E-state index in [4.69, 9.17) is 9.15 Å². The van der Waals surface area contributed by atoms with Gasteiger partial charge in [0.25, 0.3) is 0 Å². The molecule has 4 nitrogen and oxygen atoms in total. The number of rotatable bonds is 8. The van der Waals surface area contributed by atoms with Gasteiger partial charge < -0.3 is 19.8 Å². The maximum atomic E-state index is 5.76. The molecule has 0 saturated heterocycles. The fraction of sp³-hybridized carbons (Fsp3) is 0.467. The van der Waals surface area contributed by atoms with Gasteiger partial charge in [0.15, 0.2) is 0 Å². The zero-order valence-corrected chi connectivity index (χ0v) is 11.6. The molecule has 2 rings (SSSR count). The zero-order valence-electron chi connectivity index (χ0n) is 11.6. The highest BCUT2D eigenvalue weighted by Crippen LogP contribution is 2.18. The molecule has 104 valence electrons. The van der Waals surface area contributed by atoms with Gasteiger partial charge >= 0.3 is 0 Å². The molecule has 1 heterocycles. The van der Waals surface area contributed by atoms with Crippen molar-refractivity contribution in [3.05, 3.63) is 36.1 Å². The van der Waals surface area contributed by atoms with Crippen LogP contribution in [0.4, 0.5) is 0 Å². The van der Waals surface area contributed by atoms with E-state index in [0.29, 0.717) is 6.04 Å². The van der Waals surface area contributed by atoms with Crippen LogP contribution in [0.15, 0.2) is 34.7 Å². The second kappa shape index (κ2) is 7.28. The van der Waals surface area contributed by atoms with Crippen molar-refractivity contribution in [2.45, 2.75) is 19.5 Å². The highest BCUT2D eigenvalue weighted by molar-refractivity contribution is 5.77. The summed E-state index contributed by atoms with van der Waals surface area (Å²) in [6.45, 7) is 5.46. The van der Waals surface area contributed by atoms with Gasteiger partial charge in [-0.1, -0.05) is 18.2 Å². The van der Waals surface area contributed by atoms with Crippen LogP contribution in [-0.2, 0) is 11.3 Å². The summed E-state index contributed by atoms with van der Waals surface area (Å²) in [6.07, 6.45) is 0. The summed E-state index contributed by atoms with van der Waals surface area (Å²) in [5.74, 6) is 0.977. The summed E-state index contributed by atoms with van der Waals surface area (Å²) in [4.78, 5) is 0. The largest absolute Gasteiger partial charge is 0.460 e. The summed E-state index contributed by atoms with van der Waals surface area (Å²) in [7, 11) is 1.71. The van der Waals surface area contributed by atoms with E-state index in [-0.39, 0.29) is 0 Å².